The fraction of sp³-hybridized carbons (Fsp3) is 0.680. The van der Waals surface area contributed by atoms with Crippen LogP contribution in [0.3, 0.4) is 0 Å². The van der Waals surface area contributed by atoms with Gasteiger partial charge in [0.15, 0.2) is 0 Å². The number of rotatable bonds is 10. The molecule has 2 amide bonds. The lowest BCUT2D eigenvalue weighted by molar-refractivity contribution is -0.144. The van der Waals surface area contributed by atoms with E-state index in [1.54, 1.807) is 0 Å². The molecule has 0 saturated carbocycles. The first kappa shape index (κ1) is 25.1. The van der Waals surface area contributed by atoms with Gasteiger partial charge in [-0.2, -0.15) is 12.6 Å². The number of benzene rings is 1. The number of carbonyl (C=O) groups excluding carboxylic acids is 2. The summed E-state index contributed by atoms with van der Waals surface area (Å²) in [4.78, 5) is 28.8. The zero-order valence-corrected chi connectivity index (χ0v) is 20.7. The highest BCUT2D eigenvalue weighted by atomic mass is 32.1. The number of amides is 2. The third-order valence-corrected chi connectivity index (χ3v) is 7.32. The average Bonchev–Trinajstić information content (AvgIpc) is 3.22. The zero-order chi connectivity index (χ0) is 23.1. The zero-order valence-electron chi connectivity index (χ0n) is 19.8. The van der Waals surface area contributed by atoms with Gasteiger partial charge in [-0.15, -0.1) is 0 Å². The van der Waals surface area contributed by atoms with Crippen molar-refractivity contribution in [3.05, 3.63) is 35.4 Å². The van der Waals surface area contributed by atoms with Crippen molar-refractivity contribution in [3.8, 4) is 0 Å². The Morgan fingerprint density at radius 3 is 2.66 bits per heavy atom. The Morgan fingerprint density at radius 1 is 1.25 bits per heavy atom. The van der Waals surface area contributed by atoms with Crippen LogP contribution < -0.4 is 16.0 Å². The molecule has 2 heterocycles. The van der Waals surface area contributed by atoms with E-state index in [-0.39, 0.29) is 23.8 Å². The van der Waals surface area contributed by atoms with Crippen molar-refractivity contribution in [1.82, 2.24) is 20.9 Å². The van der Waals surface area contributed by atoms with Crippen molar-refractivity contribution in [2.75, 3.05) is 19.6 Å². The summed E-state index contributed by atoms with van der Waals surface area (Å²) in [6.07, 6.45) is 4.43. The lowest BCUT2D eigenvalue weighted by atomic mass is 9.90. The second-order valence-corrected chi connectivity index (χ2v) is 10.1. The van der Waals surface area contributed by atoms with Crippen LogP contribution in [0.25, 0.3) is 0 Å². The summed E-state index contributed by atoms with van der Waals surface area (Å²) in [5.41, 5.74) is 2.30. The number of nitrogens with zero attached hydrogens (tertiary/aromatic N) is 1. The van der Waals surface area contributed by atoms with Gasteiger partial charge < -0.3 is 20.9 Å². The Morgan fingerprint density at radius 2 is 2.00 bits per heavy atom. The Hall–Kier alpha value is -1.57. The number of hydrogen-bond acceptors (Lipinski definition) is 5. The summed E-state index contributed by atoms with van der Waals surface area (Å²) in [7, 11) is 0. The van der Waals surface area contributed by atoms with E-state index in [0.717, 1.165) is 49.9 Å². The lowest BCUT2D eigenvalue weighted by Gasteiger charge is -2.39. The van der Waals surface area contributed by atoms with Crippen LogP contribution in [0.1, 0.15) is 57.6 Å². The van der Waals surface area contributed by atoms with Crippen LogP contribution >= 0.6 is 12.6 Å². The van der Waals surface area contributed by atoms with Gasteiger partial charge in [-0.25, -0.2) is 0 Å². The molecule has 0 aliphatic carbocycles. The van der Waals surface area contributed by atoms with Crippen molar-refractivity contribution in [3.63, 3.8) is 0 Å². The normalized spacial score (nSPS) is 24.6. The molecule has 6 nitrogen and oxygen atoms in total. The molecule has 1 saturated heterocycles. The molecule has 5 atom stereocenters. The first-order valence-corrected chi connectivity index (χ1v) is 12.8. The predicted octanol–water partition coefficient (Wildman–Crippen LogP) is 2.52. The van der Waals surface area contributed by atoms with E-state index in [1.165, 1.54) is 0 Å². The SMILES string of the molecule is CCCCNC(=O)C1Cc2ccccc2CN1C(=O)[C@@H](NCC1C[C@H](S)CN1)[C@@H](C)CC. The molecule has 7 heteroatoms. The van der Waals surface area contributed by atoms with Gasteiger partial charge in [0.1, 0.15) is 6.04 Å². The van der Waals surface area contributed by atoms with Gasteiger partial charge in [0, 0.05) is 43.9 Å². The summed E-state index contributed by atoms with van der Waals surface area (Å²) in [5.74, 6) is 0.168. The van der Waals surface area contributed by atoms with Crippen LogP contribution in [0.2, 0.25) is 0 Å². The summed E-state index contributed by atoms with van der Waals surface area (Å²) in [5, 5.41) is 10.5. The summed E-state index contributed by atoms with van der Waals surface area (Å²) < 4.78 is 0. The smallest absolute Gasteiger partial charge is 0.243 e. The van der Waals surface area contributed by atoms with E-state index < -0.39 is 6.04 Å². The molecule has 0 radical (unpaired) electrons. The molecule has 3 N–H and O–H groups in total. The van der Waals surface area contributed by atoms with Gasteiger partial charge >= 0.3 is 0 Å². The molecule has 2 aliphatic heterocycles. The molecule has 0 bridgehead atoms. The number of nitrogens with one attached hydrogen (secondary N) is 3. The van der Waals surface area contributed by atoms with Gasteiger partial charge in [-0.3, -0.25) is 9.59 Å². The summed E-state index contributed by atoms with van der Waals surface area (Å²) in [6.45, 7) is 9.11. The van der Waals surface area contributed by atoms with Gasteiger partial charge in [-0.05, 0) is 29.9 Å². The van der Waals surface area contributed by atoms with Gasteiger partial charge in [0.25, 0.3) is 0 Å². The second kappa shape index (κ2) is 12.1. The number of thiol groups is 1. The first-order valence-electron chi connectivity index (χ1n) is 12.2. The molecule has 1 aromatic carbocycles. The molecule has 0 aromatic heterocycles. The first-order chi connectivity index (χ1) is 15.4. The standard InChI is InChI=1S/C25H40N4O2S/c1-4-6-11-26-24(30)22-12-18-9-7-8-10-19(18)16-29(22)25(31)23(17(3)5-2)28-14-20-13-21(32)15-27-20/h7-10,17,20-23,27-28,32H,4-6,11-16H2,1-3H3,(H,26,30)/t17-,20?,21-,22?,23-/m0/s1. The van der Waals surface area contributed by atoms with Crippen molar-refractivity contribution in [1.29, 1.82) is 0 Å². The molecule has 1 fully saturated rings. The van der Waals surface area contributed by atoms with Crippen LogP contribution in [0.4, 0.5) is 0 Å². The van der Waals surface area contributed by atoms with E-state index in [2.05, 4.69) is 61.5 Å². The van der Waals surface area contributed by atoms with Crippen LogP contribution in [0.5, 0.6) is 0 Å². The maximum atomic E-state index is 13.9. The third-order valence-electron chi connectivity index (χ3n) is 6.93. The van der Waals surface area contributed by atoms with Crippen LogP contribution in [-0.2, 0) is 22.6 Å². The second-order valence-electron chi connectivity index (χ2n) is 9.37. The Labute approximate surface area is 198 Å². The molecule has 2 aliphatic rings. The largest absolute Gasteiger partial charge is 0.354 e. The number of unbranched alkanes of at least 4 members (excludes halogenated alkanes) is 1. The molecule has 178 valence electrons. The Balaban J connectivity index is 1.78. The highest BCUT2D eigenvalue weighted by molar-refractivity contribution is 7.81. The molecular weight excluding hydrogens is 420 g/mol. The number of fused-ring (bicyclic) bond motifs is 1. The maximum Gasteiger partial charge on any atom is 0.243 e. The summed E-state index contributed by atoms with van der Waals surface area (Å²) >= 11 is 4.56. The van der Waals surface area contributed by atoms with E-state index in [0.29, 0.717) is 30.8 Å². The van der Waals surface area contributed by atoms with Gasteiger partial charge in [0.05, 0.1) is 6.04 Å². The minimum absolute atomic E-state index is 0.0323. The Bertz CT molecular complexity index is 774. The van der Waals surface area contributed by atoms with Crippen molar-refractivity contribution < 1.29 is 9.59 Å². The molecular formula is C25H40N4O2S. The maximum absolute atomic E-state index is 13.9. The highest BCUT2D eigenvalue weighted by Crippen LogP contribution is 2.26. The Kier molecular flexibility index (Phi) is 9.44. The van der Waals surface area contributed by atoms with Gasteiger partial charge in [0.2, 0.25) is 11.8 Å². The van der Waals surface area contributed by atoms with E-state index in [9.17, 15) is 9.59 Å². The fourth-order valence-corrected chi connectivity index (χ4v) is 5.02. The minimum atomic E-state index is -0.464. The van der Waals surface area contributed by atoms with Crippen LogP contribution in [-0.4, -0.2) is 59.7 Å². The van der Waals surface area contributed by atoms with Crippen molar-refractivity contribution in [2.45, 2.75) is 82.8 Å². The lowest BCUT2D eigenvalue weighted by Crippen LogP contribution is -2.59. The predicted molar refractivity (Wildman–Crippen MR) is 133 cm³/mol. The number of carbonyl (C=O) groups is 2. The van der Waals surface area contributed by atoms with E-state index in [4.69, 9.17) is 0 Å². The molecule has 0 spiro atoms. The molecule has 2 unspecified atom stereocenters. The molecule has 32 heavy (non-hydrogen) atoms. The van der Waals surface area contributed by atoms with Crippen LogP contribution in [0, 0.1) is 5.92 Å². The summed E-state index contributed by atoms with van der Waals surface area (Å²) in [6, 6.07) is 7.72. The molecule has 1 aromatic rings. The number of hydrogen-bond donors (Lipinski definition) is 4. The van der Waals surface area contributed by atoms with Gasteiger partial charge in [-0.1, -0.05) is 57.9 Å². The quantitative estimate of drug-likeness (QED) is 0.320. The van der Waals surface area contributed by atoms with E-state index in [1.807, 2.05) is 17.0 Å². The van der Waals surface area contributed by atoms with E-state index >= 15 is 0 Å². The van der Waals surface area contributed by atoms with Crippen molar-refractivity contribution in [2.24, 2.45) is 5.92 Å². The highest BCUT2D eigenvalue weighted by Gasteiger charge is 2.38. The van der Waals surface area contributed by atoms with Crippen LogP contribution in [0.15, 0.2) is 24.3 Å². The molecule has 3 rings (SSSR count). The average molecular weight is 461 g/mol. The monoisotopic (exact) mass is 460 g/mol. The third kappa shape index (κ3) is 6.27. The fourth-order valence-electron chi connectivity index (χ4n) is 4.66. The topological polar surface area (TPSA) is 73.5 Å². The van der Waals surface area contributed by atoms with Crippen molar-refractivity contribution >= 4 is 24.4 Å². The minimum Gasteiger partial charge on any atom is -0.354 e.